The Balaban J connectivity index is 1.44. The van der Waals surface area contributed by atoms with Crippen LogP contribution in [-0.2, 0) is 9.59 Å². The van der Waals surface area contributed by atoms with Crippen LogP contribution < -0.4 is 20.3 Å². The maximum atomic E-state index is 12.9. The van der Waals surface area contributed by atoms with Crippen molar-refractivity contribution in [1.29, 1.82) is 0 Å². The lowest BCUT2D eigenvalue weighted by Crippen LogP contribution is -2.45. The molecule has 7 nitrogen and oxygen atoms in total. The van der Waals surface area contributed by atoms with Crippen molar-refractivity contribution in [3.05, 3.63) is 54.1 Å². The summed E-state index contributed by atoms with van der Waals surface area (Å²) in [6.45, 7) is 4.42. The number of carbonyl (C=O) groups is 2. The highest BCUT2D eigenvalue weighted by atomic mass is 16.5. The van der Waals surface area contributed by atoms with Gasteiger partial charge in [-0.15, -0.1) is 0 Å². The summed E-state index contributed by atoms with van der Waals surface area (Å²) in [5.41, 5.74) is 2.87. The molecule has 2 aromatic carbocycles. The zero-order valence-corrected chi connectivity index (χ0v) is 19.3. The van der Waals surface area contributed by atoms with E-state index in [1.54, 1.807) is 7.11 Å². The fraction of sp³-hybridized carbons (Fsp3) is 0.440. The Hall–Kier alpha value is -3.06. The van der Waals surface area contributed by atoms with Gasteiger partial charge in [-0.3, -0.25) is 14.5 Å². The predicted octanol–water partition coefficient (Wildman–Crippen LogP) is 3.05. The van der Waals surface area contributed by atoms with Crippen LogP contribution in [0.4, 0.5) is 11.4 Å². The van der Waals surface area contributed by atoms with Crippen LogP contribution in [0.5, 0.6) is 5.75 Å². The summed E-state index contributed by atoms with van der Waals surface area (Å²) in [5, 5.41) is 5.98. The Kier molecular flexibility index (Phi) is 8.50. The molecule has 0 aliphatic carbocycles. The van der Waals surface area contributed by atoms with Crippen LogP contribution in [0, 0.1) is 6.92 Å². The van der Waals surface area contributed by atoms with Gasteiger partial charge in [0.25, 0.3) is 0 Å². The highest BCUT2D eigenvalue weighted by Crippen LogP contribution is 2.27. The van der Waals surface area contributed by atoms with Gasteiger partial charge in [-0.2, -0.15) is 0 Å². The molecule has 32 heavy (non-hydrogen) atoms. The van der Waals surface area contributed by atoms with Crippen LogP contribution in [0.2, 0.25) is 0 Å². The molecule has 1 atom stereocenters. The molecule has 0 spiro atoms. The second kappa shape index (κ2) is 11.5. The van der Waals surface area contributed by atoms with E-state index in [9.17, 15) is 9.59 Å². The first-order chi connectivity index (χ1) is 15.5. The number of carbonyl (C=O) groups excluding carboxylic acids is 2. The number of methoxy groups -OCH3 is 1. The highest BCUT2D eigenvalue weighted by molar-refractivity contribution is 5.96. The smallest absolute Gasteiger partial charge is 0.241 e. The van der Waals surface area contributed by atoms with Crippen molar-refractivity contribution in [2.75, 3.05) is 50.6 Å². The summed E-state index contributed by atoms with van der Waals surface area (Å²) < 4.78 is 5.36. The van der Waals surface area contributed by atoms with Crippen molar-refractivity contribution in [3.63, 3.8) is 0 Å². The molecule has 1 heterocycles. The van der Waals surface area contributed by atoms with Crippen molar-refractivity contribution < 1.29 is 14.3 Å². The predicted molar refractivity (Wildman–Crippen MR) is 128 cm³/mol. The summed E-state index contributed by atoms with van der Waals surface area (Å²) in [7, 11) is 3.64. The normalized spacial score (nSPS) is 15.9. The quantitative estimate of drug-likeness (QED) is 0.558. The van der Waals surface area contributed by atoms with Gasteiger partial charge in [0, 0.05) is 25.8 Å². The SMILES string of the molecule is COc1ccc(C)cc1NC(=O)C1CCCN1CC(=O)NCCCN(C)c1ccccc1. The highest BCUT2D eigenvalue weighted by Gasteiger charge is 2.32. The minimum Gasteiger partial charge on any atom is -0.495 e. The van der Waals surface area contributed by atoms with Crippen molar-refractivity contribution in [3.8, 4) is 5.75 Å². The van der Waals surface area contributed by atoms with Crippen LogP contribution in [0.1, 0.15) is 24.8 Å². The third kappa shape index (κ3) is 6.47. The fourth-order valence-electron chi connectivity index (χ4n) is 4.04. The van der Waals surface area contributed by atoms with Crippen LogP contribution >= 0.6 is 0 Å². The molecule has 1 unspecified atom stereocenters. The number of hydrogen-bond acceptors (Lipinski definition) is 5. The first-order valence-corrected chi connectivity index (χ1v) is 11.2. The van der Waals surface area contributed by atoms with Crippen LogP contribution in [0.15, 0.2) is 48.5 Å². The average molecular weight is 439 g/mol. The maximum Gasteiger partial charge on any atom is 0.241 e. The third-order valence-electron chi connectivity index (χ3n) is 5.82. The largest absolute Gasteiger partial charge is 0.495 e. The lowest BCUT2D eigenvalue weighted by Gasteiger charge is -2.24. The lowest BCUT2D eigenvalue weighted by molar-refractivity contribution is -0.124. The summed E-state index contributed by atoms with van der Waals surface area (Å²) in [6, 6.07) is 15.6. The van der Waals surface area contributed by atoms with Gasteiger partial charge < -0.3 is 20.3 Å². The number of rotatable bonds is 10. The standard InChI is InChI=1S/C25H34N4O3/c1-19-12-13-23(32-3)21(17-19)27-25(31)22-11-7-16-29(22)18-24(30)26-14-8-15-28(2)20-9-5-4-6-10-20/h4-6,9-10,12-13,17,22H,7-8,11,14-16,18H2,1-3H3,(H,26,30)(H,27,31). The summed E-state index contributed by atoms with van der Waals surface area (Å²) in [4.78, 5) is 29.5. The van der Waals surface area contributed by atoms with E-state index in [1.165, 1.54) is 0 Å². The summed E-state index contributed by atoms with van der Waals surface area (Å²) in [6.07, 6.45) is 2.50. The van der Waals surface area contributed by atoms with Gasteiger partial charge in [0.15, 0.2) is 0 Å². The minimum atomic E-state index is -0.310. The molecule has 2 amide bonds. The Bertz CT molecular complexity index is 903. The number of nitrogens with zero attached hydrogens (tertiary/aromatic N) is 2. The Morgan fingerprint density at radius 3 is 2.72 bits per heavy atom. The summed E-state index contributed by atoms with van der Waals surface area (Å²) >= 11 is 0. The number of benzene rings is 2. The number of para-hydroxylation sites is 1. The number of anilines is 2. The molecule has 0 saturated carbocycles. The van der Waals surface area contributed by atoms with Gasteiger partial charge in [0.2, 0.25) is 11.8 Å². The van der Waals surface area contributed by atoms with E-state index in [1.807, 2.05) is 55.3 Å². The first-order valence-electron chi connectivity index (χ1n) is 11.2. The Labute approximate surface area is 190 Å². The number of likely N-dealkylation sites (tertiary alicyclic amines) is 1. The molecule has 0 radical (unpaired) electrons. The molecule has 1 aliphatic heterocycles. The number of hydrogen-bond donors (Lipinski definition) is 2. The van der Waals surface area contributed by atoms with E-state index in [2.05, 4.69) is 27.7 Å². The molecule has 3 rings (SSSR count). The number of nitrogens with one attached hydrogen (secondary N) is 2. The van der Waals surface area contributed by atoms with Gasteiger partial charge in [-0.05, 0) is 62.6 Å². The number of amides is 2. The third-order valence-corrected chi connectivity index (χ3v) is 5.82. The van der Waals surface area contributed by atoms with Crippen molar-refractivity contribution >= 4 is 23.2 Å². The van der Waals surface area contributed by atoms with Crippen molar-refractivity contribution in [2.24, 2.45) is 0 Å². The molecule has 0 bridgehead atoms. The Morgan fingerprint density at radius 2 is 1.97 bits per heavy atom. The number of ether oxygens (including phenoxy) is 1. The average Bonchev–Trinajstić information content (AvgIpc) is 3.25. The molecular weight excluding hydrogens is 404 g/mol. The minimum absolute atomic E-state index is 0.0415. The lowest BCUT2D eigenvalue weighted by atomic mass is 10.1. The number of aryl methyl sites for hydroxylation is 1. The zero-order chi connectivity index (χ0) is 22.9. The van der Waals surface area contributed by atoms with E-state index >= 15 is 0 Å². The van der Waals surface area contributed by atoms with Gasteiger partial charge >= 0.3 is 0 Å². The van der Waals surface area contributed by atoms with Gasteiger partial charge in [0.05, 0.1) is 25.4 Å². The zero-order valence-electron chi connectivity index (χ0n) is 19.3. The fourth-order valence-corrected chi connectivity index (χ4v) is 4.04. The molecule has 1 aliphatic rings. The van der Waals surface area contributed by atoms with Gasteiger partial charge in [-0.25, -0.2) is 0 Å². The van der Waals surface area contributed by atoms with E-state index in [-0.39, 0.29) is 24.4 Å². The van der Waals surface area contributed by atoms with Crippen molar-refractivity contribution in [2.45, 2.75) is 32.2 Å². The molecular formula is C25H34N4O3. The molecule has 1 fully saturated rings. The molecule has 172 valence electrons. The van der Waals surface area contributed by atoms with Gasteiger partial charge in [-0.1, -0.05) is 24.3 Å². The monoisotopic (exact) mass is 438 g/mol. The molecule has 0 aromatic heterocycles. The topological polar surface area (TPSA) is 73.9 Å². The summed E-state index contributed by atoms with van der Waals surface area (Å²) in [5.74, 6) is 0.496. The molecule has 2 N–H and O–H groups in total. The maximum absolute atomic E-state index is 12.9. The van der Waals surface area contributed by atoms with Crippen LogP contribution in [0.3, 0.4) is 0 Å². The van der Waals surface area contributed by atoms with Crippen molar-refractivity contribution in [1.82, 2.24) is 10.2 Å². The second-order valence-electron chi connectivity index (χ2n) is 8.28. The van der Waals surface area contributed by atoms with E-state index in [0.29, 0.717) is 18.0 Å². The van der Waals surface area contributed by atoms with Crippen LogP contribution in [-0.4, -0.2) is 63.1 Å². The molecule has 2 aromatic rings. The second-order valence-corrected chi connectivity index (χ2v) is 8.28. The van der Waals surface area contributed by atoms with E-state index < -0.39 is 0 Å². The first kappa shape index (κ1) is 23.6. The Morgan fingerprint density at radius 1 is 1.19 bits per heavy atom. The van der Waals surface area contributed by atoms with E-state index in [0.717, 1.165) is 43.6 Å². The van der Waals surface area contributed by atoms with Crippen LogP contribution in [0.25, 0.3) is 0 Å². The van der Waals surface area contributed by atoms with Gasteiger partial charge in [0.1, 0.15) is 5.75 Å². The van der Waals surface area contributed by atoms with E-state index in [4.69, 9.17) is 4.74 Å². The molecule has 7 heteroatoms. The molecule has 1 saturated heterocycles.